The van der Waals surface area contributed by atoms with Crippen molar-refractivity contribution in [2.45, 2.75) is 102 Å². The molecule has 2 fully saturated rings. The van der Waals surface area contributed by atoms with Gasteiger partial charge in [0.2, 0.25) is 0 Å². The third-order valence-electron chi connectivity index (χ3n) is 8.63. The third-order valence-corrected chi connectivity index (χ3v) is 9.13. The van der Waals surface area contributed by atoms with Crippen molar-refractivity contribution in [1.29, 1.82) is 0 Å². The average Bonchev–Trinajstić information content (AvgIpc) is 2.97. The van der Waals surface area contributed by atoms with Crippen LogP contribution in [0.2, 0.25) is 10.0 Å². The van der Waals surface area contributed by atoms with E-state index in [1.54, 1.807) is 0 Å². The van der Waals surface area contributed by atoms with E-state index < -0.39 is 0 Å². The fourth-order valence-corrected chi connectivity index (χ4v) is 6.47. The molecule has 0 bridgehead atoms. The fraction of sp³-hybridized carbons (Fsp3) is 0.647. The molecule has 2 aliphatic heterocycles. The van der Waals surface area contributed by atoms with Gasteiger partial charge in [-0.25, -0.2) is 0 Å². The van der Waals surface area contributed by atoms with Gasteiger partial charge >= 0.3 is 0 Å². The number of aryl methyl sites for hydroxylation is 2. The van der Waals surface area contributed by atoms with Crippen molar-refractivity contribution < 1.29 is 4.74 Å². The summed E-state index contributed by atoms with van der Waals surface area (Å²) in [6, 6.07) is 16.7. The molecule has 0 radical (unpaired) electrons. The summed E-state index contributed by atoms with van der Waals surface area (Å²) in [7, 11) is 0. The number of hydrogen-bond acceptors (Lipinski definition) is 3. The molecule has 2 aliphatic rings. The van der Waals surface area contributed by atoms with E-state index in [4.69, 9.17) is 27.9 Å². The normalized spacial score (nSPS) is 18.7. The van der Waals surface area contributed by atoms with Crippen molar-refractivity contribution in [1.82, 2.24) is 9.80 Å². The predicted molar refractivity (Wildman–Crippen MR) is 167 cm³/mol. The lowest BCUT2D eigenvalue weighted by Crippen LogP contribution is -2.35. The fourth-order valence-electron chi connectivity index (χ4n) is 6.22. The first-order valence-electron chi connectivity index (χ1n) is 15.7. The Balaban J connectivity index is 1.33. The summed E-state index contributed by atoms with van der Waals surface area (Å²) in [5, 5.41) is 1.63. The average molecular weight is 574 g/mol. The minimum Gasteiger partial charge on any atom is -0.375 e. The van der Waals surface area contributed by atoms with Crippen LogP contribution in [-0.4, -0.2) is 61.3 Å². The molecule has 2 heterocycles. The Bertz CT molecular complexity index is 832. The zero-order valence-corrected chi connectivity index (χ0v) is 25.5. The maximum atomic E-state index is 7.05. The molecule has 0 saturated carbocycles. The molecule has 5 heteroatoms. The Morgan fingerprint density at radius 3 is 1.31 bits per heavy atom. The van der Waals surface area contributed by atoms with E-state index in [1.807, 2.05) is 24.3 Å². The first-order chi connectivity index (χ1) is 19.1. The van der Waals surface area contributed by atoms with Crippen LogP contribution in [0.3, 0.4) is 0 Å². The van der Waals surface area contributed by atoms with Gasteiger partial charge in [-0.1, -0.05) is 60.3 Å². The summed E-state index contributed by atoms with van der Waals surface area (Å²) < 4.78 is 7.05. The number of halogens is 2. The number of benzene rings is 2. The van der Waals surface area contributed by atoms with Crippen molar-refractivity contribution >= 4 is 23.2 Å². The molecule has 0 aromatic heterocycles. The van der Waals surface area contributed by atoms with Gasteiger partial charge < -0.3 is 14.5 Å². The Morgan fingerprint density at radius 2 is 0.923 bits per heavy atom. The van der Waals surface area contributed by atoms with E-state index in [2.05, 4.69) is 34.1 Å². The summed E-state index contributed by atoms with van der Waals surface area (Å²) in [5.74, 6) is 0. The number of nitrogens with zero attached hydrogens (tertiary/aromatic N) is 2. The van der Waals surface area contributed by atoms with Gasteiger partial charge in [0.15, 0.2) is 0 Å². The van der Waals surface area contributed by atoms with E-state index in [1.165, 1.54) is 88.9 Å². The van der Waals surface area contributed by atoms with E-state index in [-0.39, 0.29) is 0 Å². The molecule has 2 saturated heterocycles. The largest absolute Gasteiger partial charge is 0.375 e. The number of rotatable bonds is 16. The molecule has 4 rings (SSSR count). The van der Waals surface area contributed by atoms with Gasteiger partial charge in [0.05, 0.1) is 12.2 Å². The second-order valence-corrected chi connectivity index (χ2v) is 12.7. The molecule has 2 aromatic rings. The topological polar surface area (TPSA) is 15.7 Å². The minimum atomic E-state index is 0.334. The minimum absolute atomic E-state index is 0.334. The number of likely N-dealkylation sites (tertiary alicyclic amines) is 2. The Morgan fingerprint density at radius 1 is 0.538 bits per heavy atom. The highest BCUT2D eigenvalue weighted by molar-refractivity contribution is 6.30. The first kappa shape index (κ1) is 30.8. The number of piperidine rings is 2. The summed E-state index contributed by atoms with van der Waals surface area (Å²) >= 11 is 12.2. The molecule has 2 atom stereocenters. The molecule has 2 aromatic carbocycles. The van der Waals surface area contributed by atoms with Gasteiger partial charge in [0, 0.05) is 23.1 Å². The van der Waals surface area contributed by atoms with Crippen molar-refractivity contribution in [3.05, 3.63) is 69.7 Å². The zero-order chi connectivity index (χ0) is 27.1. The number of ether oxygens (including phenoxy) is 1. The number of hydrogen-bond donors (Lipinski definition) is 0. The van der Waals surface area contributed by atoms with Crippen molar-refractivity contribution in [2.24, 2.45) is 0 Å². The van der Waals surface area contributed by atoms with Crippen molar-refractivity contribution in [3.63, 3.8) is 0 Å². The van der Waals surface area contributed by atoms with E-state index in [0.29, 0.717) is 12.2 Å². The van der Waals surface area contributed by atoms with Crippen LogP contribution in [0.5, 0.6) is 0 Å². The monoisotopic (exact) mass is 572 g/mol. The summed E-state index contributed by atoms with van der Waals surface area (Å²) in [5.41, 5.74) is 2.75. The summed E-state index contributed by atoms with van der Waals surface area (Å²) in [6.45, 7) is 7.40. The van der Waals surface area contributed by atoms with E-state index in [9.17, 15) is 0 Å². The highest BCUT2D eigenvalue weighted by Gasteiger charge is 2.21. The highest BCUT2D eigenvalue weighted by Crippen LogP contribution is 2.22. The summed E-state index contributed by atoms with van der Waals surface area (Å²) in [6.07, 6.45) is 17.9. The second kappa shape index (κ2) is 17.7. The Kier molecular flexibility index (Phi) is 14.0. The Labute approximate surface area is 248 Å². The highest BCUT2D eigenvalue weighted by atomic mass is 35.5. The molecule has 0 N–H and O–H groups in total. The van der Waals surface area contributed by atoms with E-state index in [0.717, 1.165) is 61.4 Å². The van der Waals surface area contributed by atoms with Gasteiger partial charge in [-0.3, -0.25) is 0 Å². The second-order valence-electron chi connectivity index (χ2n) is 11.8. The third kappa shape index (κ3) is 12.1. The van der Waals surface area contributed by atoms with Crippen LogP contribution in [0.15, 0.2) is 48.5 Å². The maximum Gasteiger partial charge on any atom is 0.0591 e. The first-order valence-corrected chi connectivity index (χ1v) is 16.5. The lowest BCUT2D eigenvalue weighted by atomic mass is 10.0. The molecule has 216 valence electrons. The van der Waals surface area contributed by atoms with Gasteiger partial charge in [-0.15, -0.1) is 0 Å². The van der Waals surface area contributed by atoms with Gasteiger partial charge in [0.1, 0.15) is 0 Å². The van der Waals surface area contributed by atoms with Crippen LogP contribution in [0.25, 0.3) is 0 Å². The van der Waals surface area contributed by atoms with Crippen LogP contribution in [0.1, 0.15) is 88.2 Å². The standard InChI is InChI=1S/C34H50Cl2N2O/c35-31-17-13-29(14-18-31)9-7-11-33(21-27-37-23-3-1-4-24-37)39-34(22-28-38-25-5-2-6-26-38)12-8-10-30-15-19-32(36)20-16-30/h13-20,33-34H,1-12,21-28H2. The molecule has 39 heavy (non-hydrogen) atoms. The molecule has 0 spiro atoms. The maximum absolute atomic E-state index is 7.05. The lowest BCUT2D eigenvalue weighted by molar-refractivity contribution is -0.0378. The predicted octanol–water partition coefficient (Wildman–Crippen LogP) is 8.84. The van der Waals surface area contributed by atoms with Crippen LogP contribution >= 0.6 is 23.2 Å². The van der Waals surface area contributed by atoms with Gasteiger partial charge in [-0.2, -0.15) is 0 Å². The lowest BCUT2D eigenvalue weighted by Gasteiger charge is -2.32. The summed E-state index contributed by atoms with van der Waals surface area (Å²) in [4.78, 5) is 5.34. The van der Waals surface area contributed by atoms with Crippen LogP contribution < -0.4 is 0 Å². The molecule has 2 unspecified atom stereocenters. The molecule has 0 aliphatic carbocycles. The zero-order valence-electron chi connectivity index (χ0n) is 24.0. The van der Waals surface area contributed by atoms with Crippen molar-refractivity contribution in [3.8, 4) is 0 Å². The molecular weight excluding hydrogens is 523 g/mol. The SMILES string of the molecule is Clc1ccc(CCCC(CCN2CCCCC2)OC(CCCc2ccc(Cl)cc2)CCN2CCCCC2)cc1. The van der Waals surface area contributed by atoms with Gasteiger partial charge in [0.25, 0.3) is 0 Å². The Hall–Kier alpha value is -1.10. The van der Waals surface area contributed by atoms with Crippen LogP contribution in [0, 0.1) is 0 Å². The molecule has 3 nitrogen and oxygen atoms in total. The van der Waals surface area contributed by atoms with Gasteiger partial charge in [-0.05, 0) is 139 Å². The smallest absolute Gasteiger partial charge is 0.0591 e. The molecule has 0 amide bonds. The quantitative estimate of drug-likeness (QED) is 0.200. The van der Waals surface area contributed by atoms with E-state index >= 15 is 0 Å². The van der Waals surface area contributed by atoms with Crippen molar-refractivity contribution in [2.75, 3.05) is 39.3 Å². The van der Waals surface area contributed by atoms with Crippen LogP contribution in [-0.2, 0) is 17.6 Å². The molecular formula is C34H50Cl2N2O. The van der Waals surface area contributed by atoms with Crippen LogP contribution in [0.4, 0.5) is 0 Å².